The van der Waals surface area contributed by atoms with Crippen molar-refractivity contribution in [3.05, 3.63) is 64.1 Å². The summed E-state index contributed by atoms with van der Waals surface area (Å²) in [4.78, 5) is 26.4. The molecule has 0 aromatic heterocycles. The van der Waals surface area contributed by atoms with Crippen LogP contribution in [0.2, 0.25) is 10.0 Å². The zero-order chi connectivity index (χ0) is 25.1. The van der Waals surface area contributed by atoms with Crippen molar-refractivity contribution in [2.75, 3.05) is 18.8 Å². The Kier molecular flexibility index (Phi) is 11.4. The monoisotopic (exact) mass is 527 g/mol. The maximum absolute atomic E-state index is 13.5. The SMILES string of the molecule is CCCCCN(CCc1ccccc1)C(=O)C(CCC(=O)O)CS(=O)(=O)c1ccc(Cl)c(Cl)c1. The summed E-state index contributed by atoms with van der Waals surface area (Å²) < 4.78 is 26.2. The van der Waals surface area contributed by atoms with E-state index in [0.717, 1.165) is 24.8 Å². The van der Waals surface area contributed by atoms with E-state index >= 15 is 0 Å². The molecule has 186 valence electrons. The minimum atomic E-state index is -3.90. The van der Waals surface area contributed by atoms with Gasteiger partial charge in [0.15, 0.2) is 9.84 Å². The molecule has 0 spiro atoms. The van der Waals surface area contributed by atoms with Crippen molar-refractivity contribution < 1.29 is 23.1 Å². The molecule has 0 aliphatic heterocycles. The van der Waals surface area contributed by atoms with Gasteiger partial charge in [-0.2, -0.15) is 0 Å². The number of aliphatic carboxylic acids is 1. The third kappa shape index (κ3) is 8.93. The van der Waals surface area contributed by atoms with Crippen molar-refractivity contribution in [1.29, 1.82) is 0 Å². The van der Waals surface area contributed by atoms with Gasteiger partial charge < -0.3 is 10.0 Å². The first-order chi connectivity index (χ1) is 16.1. The number of carboxylic acids is 1. The third-order valence-electron chi connectivity index (χ3n) is 5.58. The van der Waals surface area contributed by atoms with Crippen LogP contribution in [0.15, 0.2) is 53.4 Å². The Hall–Kier alpha value is -2.09. The molecule has 0 saturated heterocycles. The van der Waals surface area contributed by atoms with Gasteiger partial charge >= 0.3 is 5.97 Å². The summed E-state index contributed by atoms with van der Waals surface area (Å²) in [5, 5.41) is 9.51. The van der Waals surface area contributed by atoms with Gasteiger partial charge in [-0.1, -0.05) is 73.3 Å². The molecule has 0 aliphatic carbocycles. The maximum atomic E-state index is 13.5. The summed E-state index contributed by atoms with van der Waals surface area (Å²) in [5.41, 5.74) is 1.07. The first kappa shape index (κ1) is 28.1. The molecule has 0 saturated carbocycles. The van der Waals surface area contributed by atoms with Crippen LogP contribution >= 0.6 is 23.2 Å². The van der Waals surface area contributed by atoms with Crippen molar-refractivity contribution in [2.45, 2.75) is 50.3 Å². The molecular weight excluding hydrogens is 497 g/mol. The molecule has 0 aliphatic rings. The Labute approximate surface area is 211 Å². The van der Waals surface area contributed by atoms with Crippen molar-refractivity contribution in [3.63, 3.8) is 0 Å². The number of amides is 1. The molecule has 1 unspecified atom stereocenters. The first-order valence-corrected chi connectivity index (χ1v) is 13.8. The molecular formula is C25H31Cl2NO5S. The Morgan fingerprint density at radius 3 is 2.32 bits per heavy atom. The van der Waals surface area contributed by atoms with Crippen molar-refractivity contribution in [3.8, 4) is 0 Å². The van der Waals surface area contributed by atoms with E-state index in [4.69, 9.17) is 23.2 Å². The van der Waals surface area contributed by atoms with Crippen LogP contribution in [0.3, 0.4) is 0 Å². The van der Waals surface area contributed by atoms with E-state index in [1.165, 1.54) is 18.2 Å². The van der Waals surface area contributed by atoms with E-state index in [0.29, 0.717) is 19.5 Å². The highest BCUT2D eigenvalue weighted by molar-refractivity contribution is 7.91. The zero-order valence-electron chi connectivity index (χ0n) is 19.3. The van der Waals surface area contributed by atoms with Crippen LogP contribution in [0.25, 0.3) is 0 Å². The topological polar surface area (TPSA) is 91.8 Å². The summed E-state index contributed by atoms with van der Waals surface area (Å²) in [5.74, 6) is -2.89. The van der Waals surface area contributed by atoms with E-state index in [2.05, 4.69) is 6.92 Å². The molecule has 1 N–H and O–H groups in total. The number of halogens is 2. The quantitative estimate of drug-likeness (QED) is 0.327. The van der Waals surface area contributed by atoms with Gasteiger partial charge in [0.1, 0.15) is 0 Å². The van der Waals surface area contributed by atoms with Gasteiger partial charge in [-0.25, -0.2) is 8.42 Å². The molecule has 2 aromatic rings. The number of carbonyl (C=O) groups excluding carboxylic acids is 1. The molecule has 0 heterocycles. The third-order valence-corrected chi connectivity index (χ3v) is 8.14. The van der Waals surface area contributed by atoms with Crippen LogP contribution in [0.5, 0.6) is 0 Å². The van der Waals surface area contributed by atoms with Crippen LogP contribution < -0.4 is 0 Å². The molecule has 6 nitrogen and oxygen atoms in total. The minimum absolute atomic E-state index is 0.0446. The highest BCUT2D eigenvalue weighted by Crippen LogP contribution is 2.27. The second kappa shape index (κ2) is 13.7. The van der Waals surface area contributed by atoms with Gasteiger partial charge in [0.2, 0.25) is 5.91 Å². The zero-order valence-corrected chi connectivity index (χ0v) is 21.6. The maximum Gasteiger partial charge on any atom is 0.303 e. The van der Waals surface area contributed by atoms with Crippen LogP contribution in [0.4, 0.5) is 0 Å². The number of carboxylic acid groups (broad SMARTS) is 1. The molecule has 2 aromatic carbocycles. The summed E-state index contributed by atoms with van der Waals surface area (Å²) in [6.45, 7) is 2.99. The first-order valence-electron chi connectivity index (χ1n) is 11.4. The van der Waals surface area contributed by atoms with E-state index in [-0.39, 0.29) is 33.7 Å². The van der Waals surface area contributed by atoms with Gasteiger partial charge in [-0.05, 0) is 43.0 Å². The fraction of sp³-hybridized carbons (Fsp3) is 0.440. The second-order valence-corrected chi connectivity index (χ2v) is 11.1. The van der Waals surface area contributed by atoms with Gasteiger partial charge in [-0.15, -0.1) is 0 Å². The summed E-state index contributed by atoms with van der Waals surface area (Å²) in [6, 6.07) is 13.7. The lowest BCUT2D eigenvalue weighted by molar-refractivity contribution is -0.138. The fourth-order valence-corrected chi connectivity index (χ4v) is 5.63. The van der Waals surface area contributed by atoms with E-state index < -0.39 is 27.5 Å². The Morgan fingerprint density at radius 2 is 1.71 bits per heavy atom. The number of nitrogens with zero attached hydrogens (tertiary/aromatic N) is 1. The van der Waals surface area contributed by atoms with Crippen molar-refractivity contribution in [2.24, 2.45) is 5.92 Å². The van der Waals surface area contributed by atoms with E-state index in [1.807, 2.05) is 30.3 Å². The molecule has 0 bridgehead atoms. The molecule has 34 heavy (non-hydrogen) atoms. The Morgan fingerprint density at radius 1 is 1.00 bits per heavy atom. The molecule has 1 atom stereocenters. The smallest absolute Gasteiger partial charge is 0.303 e. The summed E-state index contributed by atoms with van der Waals surface area (Å²) >= 11 is 11.9. The van der Waals surface area contributed by atoms with Crippen LogP contribution in [0, 0.1) is 5.92 Å². The fourth-order valence-electron chi connectivity index (χ4n) is 3.66. The normalized spacial score (nSPS) is 12.3. The van der Waals surface area contributed by atoms with E-state index in [9.17, 15) is 23.1 Å². The van der Waals surface area contributed by atoms with Gasteiger partial charge in [0.05, 0.1) is 26.6 Å². The predicted molar refractivity (Wildman–Crippen MR) is 135 cm³/mol. The lowest BCUT2D eigenvalue weighted by Crippen LogP contribution is -2.41. The number of carbonyl (C=O) groups is 2. The molecule has 0 radical (unpaired) electrons. The average molecular weight is 528 g/mol. The minimum Gasteiger partial charge on any atom is -0.481 e. The van der Waals surface area contributed by atoms with E-state index in [1.54, 1.807) is 4.90 Å². The number of benzene rings is 2. The lowest BCUT2D eigenvalue weighted by atomic mass is 10.0. The number of rotatable bonds is 14. The standard InChI is InChI=1S/C25H31Cl2NO5S/c1-2-3-7-15-28(16-14-19-8-5-4-6-9-19)25(31)20(10-13-24(29)30)18-34(32,33)21-11-12-22(26)23(27)17-21/h4-6,8-9,11-12,17,20H,2-3,7,10,13-16,18H2,1H3,(H,29,30). The Bertz CT molecular complexity index is 1060. The number of hydrogen-bond acceptors (Lipinski definition) is 4. The number of hydrogen-bond donors (Lipinski definition) is 1. The van der Waals surface area contributed by atoms with Crippen molar-refractivity contribution in [1.82, 2.24) is 4.90 Å². The van der Waals surface area contributed by atoms with Gasteiger partial charge in [-0.3, -0.25) is 9.59 Å². The number of sulfone groups is 1. The predicted octanol–water partition coefficient (Wildman–Crippen LogP) is 5.51. The van der Waals surface area contributed by atoms with Crippen LogP contribution in [-0.2, 0) is 25.8 Å². The van der Waals surface area contributed by atoms with Crippen LogP contribution in [0.1, 0.15) is 44.6 Å². The summed E-state index contributed by atoms with van der Waals surface area (Å²) in [6.07, 6.45) is 2.98. The van der Waals surface area contributed by atoms with Crippen molar-refractivity contribution >= 4 is 44.9 Å². The van der Waals surface area contributed by atoms with Gasteiger partial charge in [0.25, 0.3) is 0 Å². The highest BCUT2D eigenvalue weighted by atomic mass is 35.5. The lowest BCUT2D eigenvalue weighted by Gasteiger charge is -2.27. The molecule has 1 amide bonds. The molecule has 0 fully saturated rings. The van der Waals surface area contributed by atoms with Crippen LogP contribution in [-0.4, -0.2) is 49.1 Å². The molecule has 9 heteroatoms. The summed E-state index contributed by atoms with van der Waals surface area (Å²) in [7, 11) is -3.90. The Balaban J connectivity index is 2.26. The average Bonchev–Trinajstić information content (AvgIpc) is 2.80. The second-order valence-electron chi connectivity index (χ2n) is 8.25. The number of unbranched alkanes of at least 4 members (excludes halogenated alkanes) is 2. The largest absolute Gasteiger partial charge is 0.481 e. The highest BCUT2D eigenvalue weighted by Gasteiger charge is 2.30. The van der Waals surface area contributed by atoms with Gasteiger partial charge in [0, 0.05) is 19.5 Å². The molecule has 2 rings (SSSR count).